The van der Waals surface area contributed by atoms with Crippen LogP contribution in [0.25, 0.3) is 0 Å². The second kappa shape index (κ2) is 6.18. The Labute approximate surface area is 127 Å². The topological polar surface area (TPSA) is 46.3 Å². The normalized spacial score (nSPS) is 33.1. The van der Waals surface area contributed by atoms with Crippen molar-refractivity contribution in [3.63, 3.8) is 0 Å². The molecule has 4 atom stereocenters. The van der Waals surface area contributed by atoms with Crippen molar-refractivity contribution >= 4 is 5.91 Å². The SMILES string of the molecule is C[C@@H]1[C@H](c2ccccc2)CCN1C(=O)[C@H]1CCC[C@H](N)C1. The minimum atomic E-state index is 0.158. The van der Waals surface area contributed by atoms with Gasteiger partial charge in [-0.3, -0.25) is 4.79 Å². The second-order valence-corrected chi connectivity index (χ2v) is 6.70. The molecule has 1 aliphatic carbocycles. The first-order valence-electron chi connectivity index (χ1n) is 8.28. The van der Waals surface area contributed by atoms with E-state index in [-0.39, 0.29) is 12.0 Å². The summed E-state index contributed by atoms with van der Waals surface area (Å²) < 4.78 is 0. The maximum absolute atomic E-state index is 12.8. The van der Waals surface area contributed by atoms with Gasteiger partial charge in [-0.05, 0) is 38.2 Å². The van der Waals surface area contributed by atoms with Gasteiger partial charge in [-0.15, -0.1) is 0 Å². The lowest BCUT2D eigenvalue weighted by Crippen LogP contribution is -2.42. The first-order chi connectivity index (χ1) is 10.2. The summed E-state index contributed by atoms with van der Waals surface area (Å²) in [4.78, 5) is 14.9. The molecular formula is C18H26N2O. The highest BCUT2D eigenvalue weighted by molar-refractivity contribution is 5.79. The van der Waals surface area contributed by atoms with Crippen molar-refractivity contribution < 1.29 is 4.79 Å². The fraction of sp³-hybridized carbons (Fsp3) is 0.611. The van der Waals surface area contributed by atoms with Crippen LogP contribution in [-0.2, 0) is 4.79 Å². The van der Waals surface area contributed by atoms with Gasteiger partial charge in [0.1, 0.15) is 0 Å². The van der Waals surface area contributed by atoms with Crippen molar-refractivity contribution in [2.75, 3.05) is 6.54 Å². The molecule has 2 N–H and O–H groups in total. The van der Waals surface area contributed by atoms with E-state index in [1.54, 1.807) is 0 Å². The summed E-state index contributed by atoms with van der Waals surface area (Å²) in [5.74, 6) is 0.981. The fourth-order valence-electron chi connectivity index (χ4n) is 4.08. The quantitative estimate of drug-likeness (QED) is 0.908. The molecule has 2 fully saturated rings. The van der Waals surface area contributed by atoms with Gasteiger partial charge in [0.15, 0.2) is 0 Å². The summed E-state index contributed by atoms with van der Waals surface area (Å²) >= 11 is 0. The molecular weight excluding hydrogens is 260 g/mol. The number of amides is 1. The van der Waals surface area contributed by atoms with Crippen LogP contribution >= 0.6 is 0 Å². The number of benzene rings is 1. The molecule has 1 aromatic carbocycles. The standard InChI is InChI=1S/C18H26N2O/c1-13-17(14-6-3-2-4-7-14)10-11-20(13)18(21)15-8-5-9-16(19)12-15/h2-4,6-7,13,15-17H,5,8-12,19H2,1H3/t13-,15+,16+,17-/m1/s1. The van der Waals surface area contributed by atoms with Crippen LogP contribution in [0.15, 0.2) is 30.3 Å². The Morgan fingerprint density at radius 2 is 1.95 bits per heavy atom. The van der Waals surface area contributed by atoms with Crippen LogP contribution in [0.1, 0.15) is 50.5 Å². The molecule has 1 heterocycles. The first kappa shape index (κ1) is 14.6. The Hall–Kier alpha value is -1.35. The van der Waals surface area contributed by atoms with E-state index in [4.69, 9.17) is 5.73 Å². The van der Waals surface area contributed by atoms with E-state index < -0.39 is 0 Å². The average Bonchev–Trinajstić information content (AvgIpc) is 2.89. The van der Waals surface area contributed by atoms with Gasteiger partial charge in [0.2, 0.25) is 5.91 Å². The molecule has 1 aliphatic heterocycles. The molecule has 1 aromatic rings. The Morgan fingerprint density at radius 1 is 1.19 bits per heavy atom. The summed E-state index contributed by atoms with van der Waals surface area (Å²) in [5, 5.41) is 0. The third kappa shape index (κ3) is 2.98. The van der Waals surface area contributed by atoms with E-state index in [1.165, 1.54) is 5.56 Å². The van der Waals surface area contributed by atoms with E-state index in [2.05, 4.69) is 42.2 Å². The Balaban J connectivity index is 1.68. The Bertz CT molecular complexity index is 487. The number of likely N-dealkylation sites (tertiary alicyclic amines) is 1. The van der Waals surface area contributed by atoms with Crippen molar-refractivity contribution in [1.29, 1.82) is 0 Å². The molecule has 1 amide bonds. The Kier molecular flexibility index (Phi) is 4.29. The molecule has 114 valence electrons. The van der Waals surface area contributed by atoms with Gasteiger partial charge in [-0.25, -0.2) is 0 Å². The highest BCUT2D eigenvalue weighted by Gasteiger charge is 2.38. The van der Waals surface area contributed by atoms with E-state index in [0.717, 1.165) is 38.6 Å². The predicted molar refractivity (Wildman–Crippen MR) is 84.9 cm³/mol. The van der Waals surface area contributed by atoms with E-state index in [9.17, 15) is 4.79 Å². The zero-order valence-corrected chi connectivity index (χ0v) is 12.9. The lowest BCUT2D eigenvalue weighted by Gasteiger charge is -2.32. The molecule has 1 saturated carbocycles. The Morgan fingerprint density at radius 3 is 2.67 bits per heavy atom. The molecule has 0 unspecified atom stereocenters. The van der Waals surface area contributed by atoms with Crippen LogP contribution in [0.3, 0.4) is 0 Å². The molecule has 0 bridgehead atoms. The number of rotatable bonds is 2. The van der Waals surface area contributed by atoms with Gasteiger partial charge < -0.3 is 10.6 Å². The van der Waals surface area contributed by atoms with E-state index in [0.29, 0.717) is 17.9 Å². The molecule has 2 aliphatic rings. The molecule has 1 saturated heterocycles. The monoisotopic (exact) mass is 286 g/mol. The van der Waals surface area contributed by atoms with E-state index in [1.807, 2.05) is 0 Å². The average molecular weight is 286 g/mol. The summed E-state index contributed by atoms with van der Waals surface area (Å²) in [7, 11) is 0. The summed E-state index contributed by atoms with van der Waals surface area (Å²) in [6.07, 6.45) is 5.15. The van der Waals surface area contributed by atoms with Crippen LogP contribution in [0.4, 0.5) is 0 Å². The van der Waals surface area contributed by atoms with Crippen molar-refractivity contribution in [2.45, 2.75) is 57.0 Å². The zero-order chi connectivity index (χ0) is 14.8. The highest BCUT2D eigenvalue weighted by Crippen LogP contribution is 2.35. The molecule has 0 radical (unpaired) electrons. The van der Waals surface area contributed by atoms with Crippen molar-refractivity contribution in [3.8, 4) is 0 Å². The minimum absolute atomic E-state index is 0.158. The summed E-state index contributed by atoms with van der Waals surface area (Å²) in [5.41, 5.74) is 7.41. The molecule has 3 nitrogen and oxygen atoms in total. The van der Waals surface area contributed by atoms with Crippen LogP contribution in [-0.4, -0.2) is 29.4 Å². The third-order valence-corrected chi connectivity index (χ3v) is 5.33. The van der Waals surface area contributed by atoms with Crippen LogP contribution in [0.2, 0.25) is 0 Å². The number of carbonyl (C=O) groups excluding carboxylic acids is 1. The van der Waals surface area contributed by atoms with E-state index >= 15 is 0 Å². The number of carbonyl (C=O) groups is 1. The lowest BCUT2D eigenvalue weighted by molar-refractivity contribution is -0.137. The number of nitrogens with zero attached hydrogens (tertiary/aromatic N) is 1. The van der Waals surface area contributed by atoms with Crippen LogP contribution < -0.4 is 5.73 Å². The van der Waals surface area contributed by atoms with Crippen LogP contribution in [0, 0.1) is 5.92 Å². The number of nitrogens with two attached hydrogens (primary N) is 1. The molecule has 0 aromatic heterocycles. The minimum Gasteiger partial charge on any atom is -0.339 e. The maximum Gasteiger partial charge on any atom is 0.225 e. The van der Waals surface area contributed by atoms with Crippen molar-refractivity contribution in [3.05, 3.63) is 35.9 Å². The predicted octanol–water partition coefficient (Wildman–Crippen LogP) is 2.91. The highest BCUT2D eigenvalue weighted by atomic mass is 16.2. The smallest absolute Gasteiger partial charge is 0.225 e. The second-order valence-electron chi connectivity index (χ2n) is 6.70. The van der Waals surface area contributed by atoms with Gasteiger partial charge in [-0.2, -0.15) is 0 Å². The third-order valence-electron chi connectivity index (χ3n) is 5.33. The number of hydrogen-bond acceptors (Lipinski definition) is 2. The number of hydrogen-bond donors (Lipinski definition) is 1. The summed E-state index contributed by atoms with van der Waals surface area (Å²) in [6.45, 7) is 3.09. The van der Waals surface area contributed by atoms with Gasteiger partial charge in [0.05, 0.1) is 0 Å². The van der Waals surface area contributed by atoms with Gasteiger partial charge in [-0.1, -0.05) is 36.8 Å². The van der Waals surface area contributed by atoms with Gasteiger partial charge in [0.25, 0.3) is 0 Å². The van der Waals surface area contributed by atoms with Crippen LogP contribution in [0.5, 0.6) is 0 Å². The maximum atomic E-state index is 12.8. The lowest BCUT2D eigenvalue weighted by atomic mass is 9.85. The van der Waals surface area contributed by atoms with Crippen molar-refractivity contribution in [1.82, 2.24) is 4.90 Å². The van der Waals surface area contributed by atoms with Gasteiger partial charge >= 0.3 is 0 Å². The largest absolute Gasteiger partial charge is 0.339 e. The fourth-order valence-corrected chi connectivity index (χ4v) is 4.08. The zero-order valence-electron chi connectivity index (χ0n) is 12.9. The van der Waals surface area contributed by atoms with Crippen molar-refractivity contribution in [2.24, 2.45) is 11.7 Å². The van der Waals surface area contributed by atoms with Gasteiger partial charge in [0, 0.05) is 30.5 Å². The summed E-state index contributed by atoms with van der Waals surface area (Å²) in [6, 6.07) is 11.1. The molecule has 3 rings (SSSR count). The molecule has 0 spiro atoms. The molecule has 21 heavy (non-hydrogen) atoms. The first-order valence-corrected chi connectivity index (χ1v) is 8.28. The molecule has 3 heteroatoms.